The molecule has 3 nitrogen and oxygen atoms in total. The van der Waals surface area contributed by atoms with E-state index in [9.17, 15) is 13.2 Å². The molecular formula is C9H18F3NO2S. The van der Waals surface area contributed by atoms with Crippen molar-refractivity contribution in [2.24, 2.45) is 0 Å². The fourth-order valence-electron chi connectivity index (χ4n) is 1.11. The van der Waals surface area contributed by atoms with Gasteiger partial charge in [0, 0.05) is 17.8 Å². The maximum absolute atomic E-state index is 11.7. The SMILES string of the molecule is CSC(CO)C(C)NCCOCC(F)(F)F. The summed E-state index contributed by atoms with van der Waals surface area (Å²) < 4.78 is 39.5. The van der Waals surface area contributed by atoms with Gasteiger partial charge in [0.05, 0.1) is 13.2 Å². The molecule has 0 radical (unpaired) electrons. The molecule has 0 fully saturated rings. The maximum atomic E-state index is 11.7. The Morgan fingerprint density at radius 1 is 1.44 bits per heavy atom. The van der Waals surface area contributed by atoms with Crippen molar-refractivity contribution in [1.29, 1.82) is 0 Å². The van der Waals surface area contributed by atoms with E-state index in [4.69, 9.17) is 5.11 Å². The highest BCUT2D eigenvalue weighted by atomic mass is 32.2. The van der Waals surface area contributed by atoms with Crippen molar-refractivity contribution < 1.29 is 23.0 Å². The van der Waals surface area contributed by atoms with Crippen LogP contribution >= 0.6 is 11.8 Å². The average molecular weight is 261 g/mol. The standard InChI is InChI=1S/C9H18F3NO2S/c1-7(8(5-14)16-2)13-3-4-15-6-9(10,11)12/h7-8,13-14H,3-6H2,1-2H3. The van der Waals surface area contributed by atoms with Crippen LogP contribution in [0.1, 0.15) is 6.92 Å². The van der Waals surface area contributed by atoms with Crippen LogP contribution < -0.4 is 5.32 Å². The third-order valence-electron chi connectivity index (χ3n) is 2.02. The van der Waals surface area contributed by atoms with Gasteiger partial charge in [0.25, 0.3) is 0 Å². The summed E-state index contributed by atoms with van der Waals surface area (Å²) in [6.07, 6.45) is -2.39. The zero-order valence-corrected chi connectivity index (χ0v) is 10.2. The number of alkyl halides is 3. The summed E-state index contributed by atoms with van der Waals surface area (Å²) in [5.74, 6) is 0. The monoisotopic (exact) mass is 261 g/mol. The molecular weight excluding hydrogens is 243 g/mol. The number of rotatable bonds is 8. The molecule has 98 valence electrons. The predicted molar refractivity (Wildman–Crippen MR) is 58.7 cm³/mol. The number of halogens is 3. The molecule has 0 aliphatic carbocycles. The normalized spacial score (nSPS) is 16.1. The molecule has 2 N–H and O–H groups in total. The first-order chi connectivity index (χ1) is 7.40. The minimum Gasteiger partial charge on any atom is -0.395 e. The number of aliphatic hydroxyl groups excluding tert-OH is 1. The molecule has 0 amide bonds. The molecule has 16 heavy (non-hydrogen) atoms. The first-order valence-corrected chi connectivity index (χ1v) is 6.21. The Morgan fingerprint density at radius 2 is 2.06 bits per heavy atom. The molecule has 0 aromatic rings. The number of hydrogen-bond acceptors (Lipinski definition) is 4. The Kier molecular flexibility index (Phi) is 8.17. The quantitative estimate of drug-likeness (QED) is 0.646. The van der Waals surface area contributed by atoms with E-state index in [1.807, 2.05) is 13.2 Å². The lowest BCUT2D eigenvalue weighted by atomic mass is 10.2. The summed E-state index contributed by atoms with van der Waals surface area (Å²) >= 11 is 1.51. The third-order valence-corrected chi connectivity index (χ3v) is 3.18. The van der Waals surface area contributed by atoms with Crippen molar-refractivity contribution in [3.8, 4) is 0 Å². The Balaban J connectivity index is 3.51. The zero-order valence-electron chi connectivity index (χ0n) is 9.38. The van der Waals surface area contributed by atoms with Crippen molar-refractivity contribution in [2.75, 3.05) is 32.6 Å². The molecule has 0 spiro atoms. The summed E-state index contributed by atoms with van der Waals surface area (Å²) in [6, 6.07) is 0.0366. The molecule has 0 saturated carbocycles. The van der Waals surface area contributed by atoms with Gasteiger partial charge in [0.15, 0.2) is 0 Å². The fourth-order valence-corrected chi connectivity index (χ4v) is 1.77. The lowest BCUT2D eigenvalue weighted by Gasteiger charge is -2.21. The molecule has 2 atom stereocenters. The smallest absolute Gasteiger partial charge is 0.395 e. The number of thioether (sulfide) groups is 1. The lowest BCUT2D eigenvalue weighted by Crippen LogP contribution is -2.39. The molecule has 0 rings (SSSR count). The van der Waals surface area contributed by atoms with Gasteiger partial charge >= 0.3 is 6.18 Å². The number of ether oxygens (including phenoxy) is 1. The van der Waals surface area contributed by atoms with Crippen LogP contribution in [0, 0.1) is 0 Å². The van der Waals surface area contributed by atoms with Gasteiger partial charge in [-0.2, -0.15) is 24.9 Å². The van der Waals surface area contributed by atoms with Crippen molar-refractivity contribution in [1.82, 2.24) is 5.32 Å². The summed E-state index contributed by atoms with van der Waals surface area (Å²) in [5.41, 5.74) is 0. The first kappa shape index (κ1) is 16.0. The number of aliphatic hydroxyl groups is 1. The first-order valence-electron chi connectivity index (χ1n) is 4.92. The molecule has 2 unspecified atom stereocenters. The van der Waals surface area contributed by atoms with Crippen LogP contribution in [-0.4, -0.2) is 55.2 Å². The predicted octanol–water partition coefficient (Wildman–Crippen LogP) is 1.27. The molecule has 7 heteroatoms. The van der Waals surface area contributed by atoms with Gasteiger partial charge < -0.3 is 15.2 Å². The largest absolute Gasteiger partial charge is 0.411 e. The van der Waals surface area contributed by atoms with E-state index in [-0.39, 0.29) is 24.5 Å². The third kappa shape index (κ3) is 8.20. The van der Waals surface area contributed by atoms with Crippen molar-refractivity contribution >= 4 is 11.8 Å². The molecule has 0 aliphatic heterocycles. The van der Waals surface area contributed by atoms with Gasteiger partial charge in [-0.1, -0.05) is 0 Å². The zero-order chi connectivity index (χ0) is 12.6. The van der Waals surface area contributed by atoms with E-state index in [0.29, 0.717) is 6.54 Å². The van der Waals surface area contributed by atoms with E-state index < -0.39 is 12.8 Å². The topological polar surface area (TPSA) is 41.5 Å². The second-order valence-electron chi connectivity index (χ2n) is 3.37. The van der Waals surface area contributed by atoms with Crippen LogP contribution in [0.4, 0.5) is 13.2 Å². The molecule has 0 heterocycles. The molecule has 0 aliphatic rings. The summed E-state index contributed by atoms with van der Waals surface area (Å²) in [6.45, 7) is 1.06. The maximum Gasteiger partial charge on any atom is 0.411 e. The Labute approximate surface area is 97.7 Å². The molecule has 0 bridgehead atoms. The number of nitrogens with one attached hydrogen (secondary N) is 1. The van der Waals surface area contributed by atoms with E-state index in [0.717, 1.165) is 0 Å². The van der Waals surface area contributed by atoms with Crippen molar-refractivity contribution in [3.05, 3.63) is 0 Å². The van der Waals surface area contributed by atoms with Crippen LogP contribution in [0.5, 0.6) is 0 Å². The van der Waals surface area contributed by atoms with E-state index in [1.165, 1.54) is 11.8 Å². The van der Waals surface area contributed by atoms with Crippen LogP contribution in [0.2, 0.25) is 0 Å². The second kappa shape index (κ2) is 8.16. The van der Waals surface area contributed by atoms with E-state index >= 15 is 0 Å². The Bertz CT molecular complexity index is 177. The van der Waals surface area contributed by atoms with E-state index in [1.54, 1.807) is 0 Å². The molecule has 0 saturated heterocycles. The minimum atomic E-state index is -4.27. The van der Waals surface area contributed by atoms with Gasteiger partial charge in [0.2, 0.25) is 0 Å². The highest BCUT2D eigenvalue weighted by Gasteiger charge is 2.27. The van der Waals surface area contributed by atoms with Crippen LogP contribution in [0.25, 0.3) is 0 Å². The Morgan fingerprint density at radius 3 is 2.50 bits per heavy atom. The average Bonchev–Trinajstić information content (AvgIpc) is 2.17. The highest BCUT2D eigenvalue weighted by molar-refractivity contribution is 7.99. The summed E-state index contributed by atoms with van der Waals surface area (Å²) in [7, 11) is 0. The van der Waals surface area contributed by atoms with Gasteiger partial charge in [-0.05, 0) is 13.2 Å². The number of hydrogen-bond donors (Lipinski definition) is 2. The highest BCUT2D eigenvalue weighted by Crippen LogP contribution is 2.14. The van der Waals surface area contributed by atoms with Crippen LogP contribution in [0.3, 0.4) is 0 Å². The summed E-state index contributed by atoms with van der Waals surface area (Å²) in [4.78, 5) is 0. The fraction of sp³-hybridized carbons (Fsp3) is 1.00. The van der Waals surface area contributed by atoms with Crippen LogP contribution in [0.15, 0.2) is 0 Å². The van der Waals surface area contributed by atoms with Gasteiger partial charge in [-0.15, -0.1) is 0 Å². The van der Waals surface area contributed by atoms with Gasteiger partial charge in [-0.25, -0.2) is 0 Å². The lowest BCUT2D eigenvalue weighted by molar-refractivity contribution is -0.173. The van der Waals surface area contributed by atoms with Gasteiger partial charge in [-0.3, -0.25) is 0 Å². The second-order valence-corrected chi connectivity index (χ2v) is 4.44. The van der Waals surface area contributed by atoms with Crippen LogP contribution in [-0.2, 0) is 4.74 Å². The molecule has 0 aromatic heterocycles. The minimum absolute atomic E-state index is 0.0103. The van der Waals surface area contributed by atoms with Crippen molar-refractivity contribution in [2.45, 2.75) is 24.4 Å². The summed E-state index contributed by atoms with van der Waals surface area (Å²) in [5, 5.41) is 12.0. The molecule has 0 aromatic carbocycles. The Hall–Kier alpha value is 0.0200. The van der Waals surface area contributed by atoms with Crippen molar-refractivity contribution in [3.63, 3.8) is 0 Å². The van der Waals surface area contributed by atoms with Gasteiger partial charge in [0.1, 0.15) is 6.61 Å². The van der Waals surface area contributed by atoms with E-state index in [2.05, 4.69) is 10.1 Å².